The van der Waals surface area contributed by atoms with E-state index in [-0.39, 0.29) is 5.41 Å². The van der Waals surface area contributed by atoms with Gasteiger partial charge in [-0.2, -0.15) is 0 Å². The van der Waals surface area contributed by atoms with Crippen LogP contribution in [0.3, 0.4) is 0 Å². The maximum Gasteiger partial charge on any atom is 0.175 e. The zero-order valence-corrected chi connectivity index (χ0v) is 15.6. The maximum absolute atomic E-state index is 5.75. The summed E-state index contributed by atoms with van der Waals surface area (Å²) in [6, 6.07) is 4.56. The molecule has 1 unspecified atom stereocenters. The maximum atomic E-state index is 5.75. The lowest BCUT2D eigenvalue weighted by atomic mass is 9.88. The molecule has 0 saturated carbocycles. The molecule has 0 aliphatic rings. The Morgan fingerprint density at radius 1 is 1.29 bits per heavy atom. The normalized spacial score (nSPS) is 13.1. The summed E-state index contributed by atoms with van der Waals surface area (Å²) in [5.74, 6) is 1.56. The number of halogens is 1. The molecule has 4 heteroatoms. The van der Waals surface area contributed by atoms with Crippen LogP contribution < -0.4 is 14.8 Å². The van der Waals surface area contributed by atoms with Gasteiger partial charge in [-0.05, 0) is 52.4 Å². The molecule has 1 atom stereocenters. The lowest BCUT2D eigenvalue weighted by Gasteiger charge is -2.28. The lowest BCUT2D eigenvalue weighted by Crippen LogP contribution is -2.37. The molecule has 3 nitrogen and oxygen atoms in total. The Morgan fingerprint density at radius 2 is 1.95 bits per heavy atom. The van der Waals surface area contributed by atoms with Gasteiger partial charge in [0, 0.05) is 12.6 Å². The fourth-order valence-corrected chi connectivity index (χ4v) is 2.40. The molecule has 0 aromatic heterocycles. The van der Waals surface area contributed by atoms with Crippen molar-refractivity contribution < 1.29 is 9.47 Å². The highest BCUT2D eigenvalue weighted by atomic mass is 79.9. The summed E-state index contributed by atoms with van der Waals surface area (Å²) >= 11 is 3.58. The average molecular weight is 358 g/mol. The van der Waals surface area contributed by atoms with Crippen molar-refractivity contribution >= 4 is 15.9 Å². The minimum Gasteiger partial charge on any atom is -0.493 e. The van der Waals surface area contributed by atoms with Gasteiger partial charge in [0.25, 0.3) is 0 Å². The van der Waals surface area contributed by atoms with Crippen LogP contribution in [-0.2, 0) is 6.54 Å². The van der Waals surface area contributed by atoms with E-state index in [0.717, 1.165) is 28.9 Å². The Morgan fingerprint density at radius 3 is 2.48 bits per heavy atom. The molecule has 1 aromatic carbocycles. The minimum atomic E-state index is 0.242. The average Bonchev–Trinajstić information content (AvgIpc) is 2.41. The molecule has 0 bridgehead atoms. The molecular weight excluding hydrogens is 330 g/mol. The van der Waals surface area contributed by atoms with Gasteiger partial charge in [0.05, 0.1) is 18.2 Å². The first kappa shape index (κ1) is 18.3. The monoisotopic (exact) mass is 357 g/mol. The molecule has 0 fully saturated rings. The summed E-state index contributed by atoms with van der Waals surface area (Å²) < 4.78 is 12.1. The molecule has 1 rings (SSSR count). The van der Waals surface area contributed by atoms with Crippen LogP contribution in [0.2, 0.25) is 0 Å². The van der Waals surface area contributed by atoms with Gasteiger partial charge in [0.2, 0.25) is 0 Å². The Labute approximate surface area is 137 Å². The van der Waals surface area contributed by atoms with E-state index in [4.69, 9.17) is 9.47 Å². The quantitative estimate of drug-likeness (QED) is 0.762. The van der Waals surface area contributed by atoms with Crippen molar-refractivity contribution in [3.05, 3.63) is 22.2 Å². The zero-order valence-electron chi connectivity index (χ0n) is 14.0. The van der Waals surface area contributed by atoms with Crippen LogP contribution in [0.4, 0.5) is 0 Å². The summed E-state index contributed by atoms with van der Waals surface area (Å²) in [6.07, 6.45) is 0.974. The number of nitrogens with one attached hydrogen (secondary N) is 1. The van der Waals surface area contributed by atoms with Gasteiger partial charge >= 0.3 is 0 Å². The minimum absolute atomic E-state index is 0.242. The molecule has 0 amide bonds. The fourth-order valence-electron chi connectivity index (χ4n) is 1.80. The summed E-state index contributed by atoms with van der Waals surface area (Å²) in [7, 11) is 1.68. The predicted molar refractivity (Wildman–Crippen MR) is 92.2 cm³/mol. The van der Waals surface area contributed by atoms with E-state index in [1.807, 2.05) is 6.07 Å². The first-order valence-electron chi connectivity index (χ1n) is 7.52. The zero-order chi connectivity index (χ0) is 16.0. The van der Waals surface area contributed by atoms with Gasteiger partial charge in [-0.25, -0.2) is 0 Å². The van der Waals surface area contributed by atoms with Crippen LogP contribution in [0.25, 0.3) is 0 Å². The Kier molecular flexibility index (Phi) is 7.01. The van der Waals surface area contributed by atoms with E-state index in [1.165, 1.54) is 5.56 Å². The van der Waals surface area contributed by atoms with Crippen LogP contribution in [0, 0.1) is 5.41 Å². The molecule has 0 radical (unpaired) electrons. The van der Waals surface area contributed by atoms with Crippen molar-refractivity contribution in [1.82, 2.24) is 5.32 Å². The highest BCUT2D eigenvalue weighted by molar-refractivity contribution is 9.10. The van der Waals surface area contributed by atoms with E-state index < -0.39 is 0 Å². The highest BCUT2D eigenvalue weighted by Crippen LogP contribution is 2.36. The molecule has 0 aliphatic heterocycles. The van der Waals surface area contributed by atoms with E-state index >= 15 is 0 Å². The number of hydrogen-bond donors (Lipinski definition) is 1. The third-order valence-electron chi connectivity index (χ3n) is 3.65. The Balaban J connectivity index is 2.83. The van der Waals surface area contributed by atoms with Crippen LogP contribution >= 0.6 is 15.9 Å². The number of hydrogen-bond acceptors (Lipinski definition) is 3. The molecule has 1 N–H and O–H groups in total. The van der Waals surface area contributed by atoms with Crippen LogP contribution in [0.5, 0.6) is 11.5 Å². The first-order valence-corrected chi connectivity index (χ1v) is 8.31. The van der Waals surface area contributed by atoms with Gasteiger partial charge in [-0.3, -0.25) is 0 Å². The van der Waals surface area contributed by atoms with Gasteiger partial charge in [0.15, 0.2) is 11.5 Å². The van der Waals surface area contributed by atoms with Crippen molar-refractivity contribution in [2.24, 2.45) is 5.41 Å². The van der Waals surface area contributed by atoms with E-state index in [1.54, 1.807) is 7.11 Å². The summed E-state index contributed by atoms with van der Waals surface area (Å²) in [5, 5.41) is 3.56. The fraction of sp³-hybridized carbons (Fsp3) is 0.647. The second kappa shape index (κ2) is 8.04. The number of ether oxygens (including phenoxy) is 2. The molecule has 1 aromatic rings. The second-order valence-corrected chi connectivity index (χ2v) is 7.28. The van der Waals surface area contributed by atoms with Crippen molar-refractivity contribution in [2.45, 2.75) is 53.6 Å². The first-order chi connectivity index (χ1) is 9.79. The lowest BCUT2D eigenvalue weighted by molar-refractivity contribution is 0.283. The smallest absolute Gasteiger partial charge is 0.175 e. The molecule has 0 aliphatic carbocycles. The Bertz CT molecular complexity index is 455. The third kappa shape index (κ3) is 5.51. The molecule has 0 heterocycles. The Hall–Kier alpha value is -0.740. The van der Waals surface area contributed by atoms with Gasteiger partial charge in [-0.1, -0.05) is 27.7 Å². The largest absolute Gasteiger partial charge is 0.493 e. The number of methoxy groups -OCH3 is 1. The molecule has 0 saturated heterocycles. The van der Waals surface area contributed by atoms with E-state index in [0.29, 0.717) is 12.6 Å². The molecule has 21 heavy (non-hydrogen) atoms. The van der Waals surface area contributed by atoms with Crippen LogP contribution in [0.1, 0.15) is 46.6 Å². The topological polar surface area (TPSA) is 30.5 Å². The van der Waals surface area contributed by atoms with Gasteiger partial charge in [0.1, 0.15) is 0 Å². The van der Waals surface area contributed by atoms with E-state index in [2.05, 4.69) is 61.9 Å². The molecule has 120 valence electrons. The van der Waals surface area contributed by atoms with Crippen LogP contribution in [-0.4, -0.2) is 19.8 Å². The number of benzene rings is 1. The van der Waals surface area contributed by atoms with Crippen molar-refractivity contribution in [1.29, 1.82) is 0 Å². The standard InChI is InChI=1S/C17H28BrNO2/c1-7-8-21-16-14(18)9-13(10-15(16)20-6)11-19-12(2)17(3,4)5/h9-10,12,19H,7-8,11H2,1-6H3. The number of rotatable bonds is 7. The summed E-state index contributed by atoms with van der Waals surface area (Å²) in [6.45, 7) is 12.5. The predicted octanol–water partition coefficient (Wildman–Crippen LogP) is 4.77. The van der Waals surface area contributed by atoms with Crippen LogP contribution in [0.15, 0.2) is 16.6 Å². The SMILES string of the molecule is CCCOc1c(Br)cc(CNC(C)C(C)(C)C)cc1OC. The summed E-state index contributed by atoms with van der Waals surface area (Å²) in [5.41, 5.74) is 1.42. The van der Waals surface area contributed by atoms with Crippen molar-refractivity contribution in [3.8, 4) is 11.5 Å². The highest BCUT2D eigenvalue weighted by Gasteiger charge is 2.19. The van der Waals surface area contributed by atoms with Crippen molar-refractivity contribution in [3.63, 3.8) is 0 Å². The van der Waals surface area contributed by atoms with Gasteiger partial charge < -0.3 is 14.8 Å². The summed E-state index contributed by atoms with van der Waals surface area (Å²) in [4.78, 5) is 0. The molecular formula is C17H28BrNO2. The third-order valence-corrected chi connectivity index (χ3v) is 4.24. The van der Waals surface area contributed by atoms with E-state index in [9.17, 15) is 0 Å². The van der Waals surface area contributed by atoms with Crippen molar-refractivity contribution in [2.75, 3.05) is 13.7 Å². The molecule has 0 spiro atoms. The van der Waals surface area contributed by atoms with Gasteiger partial charge in [-0.15, -0.1) is 0 Å². The second-order valence-electron chi connectivity index (χ2n) is 6.43.